The van der Waals surface area contributed by atoms with Gasteiger partial charge in [0.05, 0.1) is 0 Å². The Balaban J connectivity index is 1.89. The molecule has 0 heterocycles. The molecule has 2 fully saturated rings. The van der Waals surface area contributed by atoms with Crippen molar-refractivity contribution in [2.24, 2.45) is 5.92 Å². The zero-order valence-electron chi connectivity index (χ0n) is 10.9. The first-order valence-electron chi connectivity index (χ1n) is 7.17. The fourth-order valence-corrected chi connectivity index (χ4v) is 3.50. The van der Waals surface area contributed by atoms with E-state index in [9.17, 15) is 9.90 Å². The zero-order valence-corrected chi connectivity index (χ0v) is 10.9. The summed E-state index contributed by atoms with van der Waals surface area (Å²) in [5, 5.41) is 12.9. The minimum Gasteiger partial charge on any atom is -0.480 e. The number of carboxylic acids is 1. The van der Waals surface area contributed by atoms with E-state index in [2.05, 4.69) is 12.2 Å². The zero-order chi connectivity index (χ0) is 12.3. The molecule has 0 radical (unpaired) electrons. The smallest absolute Gasteiger partial charge is 0.323 e. The van der Waals surface area contributed by atoms with Crippen molar-refractivity contribution in [3.63, 3.8) is 0 Å². The lowest BCUT2D eigenvalue weighted by molar-refractivity contribution is -0.145. The predicted molar refractivity (Wildman–Crippen MR) is 68.0 cm³/mol. The number of carboxylic acid groups (broad SMARTS) is 1. The van der Waals surface area contributed by atoms with Crippen molar-refractivity contribution in [1.29, 1.82) is 0 Å². The summed E-state index contributed by atoms with van der Waals surface area (Å²) in [5.41, 5.74) is -0.594. The standard InChI is InChI=1S/C14H25NO2/c1-2-11-5-7-12(8-6-11)15-14(13(16)17)9-3-4-10-14/h11-12,15H,2-10H2,1H3,(H,16,17). The van der Waals surface area contributed by atoms with E-state index in [1.165, 1.54) is 19.3 Å². The highest BCUT2D eigenvalue weighted by Gasteiger charge is 2.42. The molecule has 3 heteroatoms. The van der Waals surface area contributed by atoms with Gasteiger partial charge in [-0.25, -0.2) is 0 Å². The largest absolute Gasteiger partial charge is 0.480 e. The molecule has 17 heavy (non-hydrogen) atoms. The molecule has 0 aromatic rings. The third-order valence-corrected chi connectivity index (χ3v) is 4.77. The lowest BCUT2D eigenvalue weighted by Gasteiger charge is -2.35. The maximum absolute atomic E-state index is 11.5. The number of aliphatic carboxylic acids is 1. The van der Waals surface area contributed by atoms with Gasteiger partial charge in [-0.2, -0.15) is 0 Å². The van der Waals surface area contributed by atoms with Gasteiger partial charge in [0.2, 0.25) is 0 Å². The fraction of sp³-hybridized carbons (Fsp3) is 0.929. The number of carbonyl (C=O) groups is 1. The van der Waals surface area contributed by atoms with Crippen molar-refractivity contribution in [3.8, 4) is 0 Å². The highest BCUT2D eigenvalue weighted by atomic mass is 16.4. The van der Waals surface area contributed by atoms with E-state index in [-0.39, 0.29) is 0 Å². The molecular weight excluding hydrogens is 214 g/mol. The summed E-state index contributed by atoms with van der Waals surface area (Å²) in [5.74, 6) is 0.241. The van der Waals surface area contributed by atoms with Crippen LogP contribution in [-0.2, 0) is 4.79 Å². The minimum absolute atomic E-state index is 0.437. The third-order valence-electron chi connectivity index (χ3n) is 4.77. The normalized spacial score (nSPS) is 32.5. The molecular formula is C14H25NO2. The van der Waals surface area contributed by atoms with Gasteiger partial charge in [0, 0.05) is 6.04 Å². The van der Waals surface area contributed by atoms with Crippen LogP contribution in [0.25, 0.3) is 0 Å². The van der Waals surface area contributed by atoms with Crippen LogP contribution in [0.5, 0.6) is 0 Å². The van der Waals surface area contributed by atoms with Crippen LogP contribution in [-0.4, -0.2) is 22.7 Å². The van der Waals surface area contributed by atoms with Gasteiger partial charge in [-0.1, -0.05) is 26.2 Å². The predicted octanol–water partition coefficient (Wildman–Crippen LogP) is 2.94. The van der Waals surface area contributed by atoms with Crippen LogP contribution < -0.4 is 5.32 Å². The molecule has 0 saturated heterocycles. The molecule has 2 aliphatic carbocycles. The summed E-state index contributed by atoms with van der Waals surface area (Å²) in [6.07, 6.45) is 9.88. The number of hydrogen-bond donors (Lipinski definition) is 2. The Morgan fingerprint density at radius 1 is 1.24 bits per heavy atom. The van der Waals surface area contributed by atoms with E-state index >= 15 is 0 Å². The Labute approximate surface area is 104 Å². The number of hydrogen-bond acceptors (Lipinski definition) is 2. The first-order valence-corrected chi connectivity index (χ1v) is 7.17. The van der Waals surface area contributed by atoms with Crippen molar-refractivity contribution in [3.05, 3.63) is 0 Å². The van der Waals surface area contributed by atoms with Crippen LogP contribution in [0.2, 0.25) is 0 Å². The summed E-state index contributed by atoms with van der Waals surface area (Å²) in [6.45, 7) is 2.26. The van der Waals surface area contributed by atoms with Gasteiger partial charge >= 0.3 is 5.97 Å². The van der Waals surface area contributed by atoms with Crippen molar-refractivity contribution in [2.45, 2.75) is 76.3 Å². The van der Waals surface area contributed by atoms with E-state index < -0.39 is 11.5 Å². The van der Waals surface area contributed by atoms with E-state index in [1.54, 1.807) is 0 Å². The lowest BCUT2D eigenvalue weighted by atomic mass is 9.83. The average Bonchev–Trinajstić information content (AvgIpc) is 2.80. The Bertz CT molecular complexity index is 263. The van der Waals surface area contributed by atoms with Crippen molar-refractivity contribution in [2.75, 3.05) is 0 Å². The van der Waals surface area contributed by atoms with Crippen LogP contribution in [0, 0.1) is 5.92 Å². The molecule has 0 aliphatic heterocycles. The average molecular weight is 239 g/mol. The Morgan fingerprint density at radius 3 is 2.29 bits per heavy atom. The van der Waals surface area contributed by atoms with Crippen LogP contribution in [0.15, 0.2) is 0 Å². The maximum Gasteiger partial charge on any atom is 0.323 e. The Kier molecular flexibility index (Phi) is 4.08. The first-order chi connectivity index (χ1) is 8.16. The Morgan fingerprint density at radius 2 is 1.82 bits per heavy atom. The van der Waals surface area contributed by atoms with Crippen molar-refractivity contribution in [1.82, 2.24) is 5.32 Å². The van der Waals surface area contributed by atoms with E-state index in [0.29, 0.717) is 6.04 Å². The van der Waals surface area contributed by atoms with E-state index in [0.717, 1.165) is 44.4 Å². The molecule has 0 atom stereocenters. The van der Waals surface area contributed by atoms with Crippen LogP contribution in [0.4, 0.5) is 0 Å². The summed E-state index contributed by atoms with van der Waals surface area (Å²) in [7, 11) is 0. The van der Waals surface area contributed by atoms with Crippen LogP contribution in [0.3, 0.4) is 0 Å². The van der Waals surface area contributed by atoms with Crippen molar-refractivity contribution >= 4 is 5.97 Å². The van der Waals surface area contributed by atoms with Crippen LogP contribution >= 0.6 is 0 Å². The first kappa shape index (κ1) is 12.9. The van der Waals surface area contributed by atoms with Gasteiger partial charge < -0.3 is 5.11 Å². The monoisotopic (exact) mass is 239 g/mol. The third kappa shape index (κ3) is 2.82. The van der Waals surface area contributed by atoms with Gasteiger partial charge in [0.25, 0.3) is 0 Å². The molecule has 3 nitrogen and oxygen atoms in total. The quantitative estimate of drug-likeness (QED) is 0.793. The summed E-state index contributed by atoms with van der Waals surface area (Å²) in [6, 6.07) is 0.437. The second-order valence-corrected chi connectivity index (χ2v) is 5.86. The summed E-state index contributed by atoms with van der Waals surface area (Å²) in [4.78, 5) is 11.5. The van der Waals surface area contributed by atoms with Gasteiger partial charge in [0.1, 0.15) is 5.54 Å². The van der Waals surface area contributed by atoms with Crippen LogP contribution in [0.1, 0.15) is 64.7 Å². The fourth-order valence-electron chi connectivity index (χ4n) is 3.50. The highest BCUT2D eigenvalue weighted by molar-refractivity contribution is 5.79. The molecule has 0 bridgehead atoms. The summed E-state index contributed by atoms with van der Waals surface area (Å²) < 4.78 is 0. The van der Waals surface area contributed by atoms with Gasteiger partial charge in [-0.15, -0.1) is 0 Å². The molecule has 0 unspecified atom stereocenters. The van der Waals surface area contributed by atoms with E-state index in [4.69, 9.17) is 0 Å². The summed E-state index contributed by atoms with van der Waals surface area (Å²) >= 11 is 0. The van der Waals surface area contributed by atoms with Crippen molar-refractivity contribution < 1.29 is 9.90 Å². The molecule has 2 aliphatic rings. The SMILES string of the molecule is CCC1CCC(NC2(C(=O)O)CCCC2)CC1. The minimum atomic E-state index is -0.632. The van der Waals surface area contributed by atoms with E-state index in [1.807, 2.05) is 0 Å². The van der Waals surface area contributed by atoms with Gasteiger partial charge in [-0.3, -0.25) is 10.1 Å². The molecule has 2 rings (SSSR count). The Hall–Kier alpha value is -0.570. The lowest BCUT2D eigenvalue weighted by Crippen LogP contribution is -2.54. The van der Waals surface area contributed by atoms with Gasteiger partial charge in [0.15, 0.2) is 0 Å². The molecule has 98 valence electrons. The molecule has 0 amide bonds. The molecule has 0 aromatic heterocycles. The molecule has 2 N–H and O–H groups in total. The number of rotatable bonds is 4. The molecule has 0 spiro atoms. The number of nitrogens with one attached hydrogen (secondary N) is 1. The highest BCUT2D eigenvalue weighted by Crippen LogP contribution is 2.33. The second-order valence-electron chi connectivity index (χ2n) is 5.86. The maximum atomic E-state index is 11.5. The molecule has 0 aromatic carbocycles. The molecule has 2 saturated carbocycles. The van der Waals surface area contributed by atoms with Gasteiger partial charge in [-0.05, 0) is 44.4 Å². The topological polar surface area (TPSA) is 49.3 Å². The second kappa shape index (κ2) is 5.38.